The third-order valence-corrected chi connectivity index (χ3v) is 2.72. The van der Waals surface area contributed by atoms with Crippen molar-refractivity contribution in [2.75, 3.05) is 24.3 Å². The van der Waals surface area contributed by atoms with Crippen molar-refractivity contribution in [1.29, 1.82) is 0 Å². The third-order valence-electron chi connectivity index (χ3n) is 2.72. The maximum atomic E-state index is 11.4. The molecule has 94 valence electrons. The summed E-state index contributed by atoms with van der Waals surface area (Å²) < 4.78 is 4.66. The normalized spacial score (nSPS) is 10.4. The van der Waals surface area contributed by atoms with E-state index in [1.54, 1.807) is 12.1 Å². The fourth-order valence-electron chi connectivity index (χ4n) is 1.87. The van der Waals surface area contributed by atoms with Crippen LogP contribution in [0.25, 0.3) is 0 Å². The van der Waals surface area contributed by atoms with Gasteiger partial charge in [0.25, 0.3) is 0 Å². The molecule has 1 aromatic carbocycles. The Hall–Kier alpha value is -1.71. The van der Waals surface area contributed by atoms with E-state index >= 15 is 0 Å². The highest BCUT2D eigenvalue weighted by atomic mass is 16.5. The number of carbonyl (C=O) groups excluding carboxylic acids is 1. The standard InChI is InChI=1S/C13H20N2O2/c1-5-15(9(2)3)12-7-6-10(8-11(12)14)13(16)17-4/h6-9H,5,14H2,1-4H3. The molecule has 0 radical (unpaired) electrons. The van der Waals surface area contributed by atoms with E-state index in [4.69, 9.17) is 5.73 Å². The minimum Gasteiger partial charge on any atom is -0.465 e. The lowest BCUT2D eigenvalue weighted by Gasteiger charge is -2.28. The molecular formula is C13H20N2O2. The molecule has 0 heterocycles. The molecule has 2 N–H and O–H groups in total. The van der Waals surface area contributed by atoms with Crippen molar-refractivity contribution in [3.05, 3.63) is 23.8 Å². The molecule has 0 aromatic heterocycles. The Morgan fingerprint density at radius 1 is 1.47 bits per heavy atom. The van der Waals surface area contributed by atoms with Crippen LogP contribution < -0.4 is 10.6 Å². The van der Waals surface area contributed by atoms with E-state index in [1.165, 1.54) is 7.11 Å². The molecule has 0 aliphatic carbocycles. The van der Waals surface area contributed by atoms with E-state index in [0.29, 0.717) is 17.3 Å². The Balaban J connectivity index is 3.08. The molecule has 0 bridgehead atoms. The van der Waals surface area contributed by atoms with Crippen molar-refractivity contribution in [3.63, 3.8) is 0 Å². The summed E-state index contributed by atoms with van der Waals surface area (Å²) in [5, 5.41) is 0. The number of esters is 1. The molecule has 0 amide bonds. The Morgan fingerprint density at radius 3 is 2.53 bits per heavy atom. The minimum atomic E-state index is -0.365. The summed E-state index contributed by atoms with van der Waals surface area (Å²) in [5.41, 5.74) is 8.01. The van der Waals surface area contributed by atoms with E-state index in [0.717, 1.165) is 12.2 Å². The topological polar surface area (TPSA) is 55.6 Å². The smallest absolute Gasteiger partial charge is 0.337 e. The highest BCUT2D eigenvalue weighted by Crippen LogP contribution is 2.26. The van der Waals surface area contributed by atoms with Gasteiger partial charge in [-0.05, 0) is 39.0 Å². The Bertz CT molecular complexity index is 402. The maximum Gasteiger partial charge on any atom is 0.337 e. The van der Waals surface area contributed by atoms with Gasteiger partial charge in [0.1, 0.15) is 0 Å². The molecule has 0 aliphatic rings. The van der Waals surface area contributed by atoms with Crippen molar-refractivity contribution in [2.45, 2.75) is 26.8 Å². The number of nitrogens with zero attached hydrogens (tertiary/aromatic N) is 1. The van der Waals surface area contributed by atoms with Crippen molar-refractivity contribution >= 4 is 17.3 Å². The second-order valence-corrected chi connectivity index (χ2v) is 4.14. The number of nitrogens with two attached hydrogens (primary N) is 1. The average molecular weight is 236 g/mol. The van der Waals surface area contributed by atoms with Gasteiger partial charge >= 0.3 is 5.97 Å². The third kappa shape index (κ3) is 2.90. The molecule has 0 atom stereocenters. The Labute approximate surface area is 102 Å². The summed E-state index contributed by atoms with van der Waals surface area (Å²) in [6.07, 6.45) is 0. The van der Waals surface area contributed by atoms with Crippen molar-refractivity contribution in [1.82, 2.24) is 0 Å². The highest BCUT2D eigenvalue weighted by Gasteiger charge is 2.13. The molecule has 0 spiro atoms. The van der Waals surface area contributed by atoms with Crippen LogP contribution >= 0.6 is 0 Å². The average Bonchev–Trinajstić information content (AvgIpc) is 2.30. The van der Waals surface area contributed by atoms with E-state index in [-0.39, 0.29) is 5.97 Å². The lowest BCUT2D eigenvalue weighted by atomic mass is 10.1. The van der Waals surface area contributed by atoms with Crippen LogP contribution in [0.5, 0.6) is 0 Å². The van der Waals surface area contributed by atoms with Crippen LogP contribution in [0.15, 0.2) is 18.2 Å². The molecule has 0 fully saturated rings. The number of hydrogen-bond acceptors (Lipinski definition) is 4. The SMILES string of the molecule is CCN(c1ccc(C(=O)OC)cc1N)C(C)C. The van der Waals surface area contributed by atoms with Gasteiger partial charge in [-0.3, -0.25) is 0 Å². The van der Waals surface area contributed by atoms with Gasteiger partial charge in [-0.15, -0.1) is 0 Å². The fraction of sp³-hybridized carbons (Fsp3) is 0.462. The molecule has 4 heteroatoms. The zero-order valence-corrected chi connectivity index (χ0v) is 10.9. The molecule has 0 saturated carbocycles. The number of anilines is 2. The van der Waals surface area contributed by atoms with Crippen LogP contribution in [0.1, 0.15) is 31.1 Å². The van der Waals surface area contributed by atoms with E-state index in [9.17, 15) is 4.79 Å². The number of carbonyl (C=O) groups is 1. The lowest BCUT2D eigenvalue weighted by Crippen LogP contribution is -2.31. The van der Waals surface area contributed by atoms with Gasteiger partial charge in [-0.1, -0.05) is 0 Å². The molecular weight excluding hydrogens is 216 g/mol. The maximum absolute atomic E-state index is 11.4. The van der Waals surface area contributed by atoms with Crippen LogP contribution in [-0.2, 0) is 4.74 Å². The summed E-state index contributed by atoms with van der Waals surface area (Å²) in [7, 11) is 1.36. The molecule has 0 unspecified atom stereocenters. The zero-order chi connectivity index (χ0) is 13.0. The van der Waals surface area contributed by atoms with Gasteiger partial charge in [0.15, 0.2) is 0 Å². The summed E-state index contributed by atoms with van der Waals surface area (Å²) in [6.45, 7) is 7.17. The Kier molecular flexibility index (Phi) is 4.37. The van der Waals surface area contributed by atoms with Crippen LogP contribution in [0.3, 0.4) is 0 Å². The van der Waals surface area contributed by atoms with E-state index in [1.807, 2.05) is 6.07 Å². The molecule has 4 nitrogen and oxygen atoms in total. The Morgan fingerprint density at radius 2 is 2.12 bits per heavy atom. The van der Waals surface area contributed by atoms with Gasteiger partial charge in [0, 0.05) is 12.6 Å². The van der Waals surface area contributed by atoms with Crippen LogP contribution in [0, 0.1) is 0 Å². The summed E-state index contributed by atoms with van der Waals surface area (Å²) in [4.78, 5) is 13.5. The van der Waals surface area contributed by atoms with Crippen LogP contribution in [0.4, 0.5) is 11.4 Å². The van der Waals surface area contributed by atoms with Crippen molar-refractivity contribution in [2.24, 2.45) is 0 Å². The molecule has 1 aromatic rings. The van der Waals surface area contributed by atoms with Gasteiger partial charge in [-0.25, -0.2) is 4.79 Å². The molecule has 1 rings (SSSR count). The van der Waals surface area contributed by atoms with Crippen molar-refractivity contribution in [3.8, 4) is 0 Å². The summed E-state index contributed by atoms with van der Waals surface area (Å²) in [6, 6.07) is 5.63. The number of methoxy groups -OCH3 is 1. The molecule has 0 saturated heterocycles. The van der Waals surface area contributed by atoms with Crippen LogP contribution in [-0.4, -0.2) is 25.7 Å². The van der Waals surface area contributed by atoms with Gasteiger partial charge in [-0.2, -0.15) is 0 Å². The fourth-order valence-corrected chi connectivity index (χ4v) is 1.87. The first-order valence-electron chi connectivity index (χ1n) is 5.75. The van der Waals surface area contributed by atoms with E-state index < -0.39 is 0 Å². The largest absolute Gasteiger partial charge is 0.465 e. The second-order valence-electron chi connectivity index (χ2n) is 4.14. The lowest BCUT2D eigenvalue weighted by molar-refractivity contribution is 0.0601. The first-order chi connectivity index (χ1) is 8.01. The monoisotopic (exact) mass is 236 g/mol. The predicted molar refractivity (Wildman–Crippen MR) is 70.3 cm³/mol. The minimum absolute atomic E-state index is 0.365. The summed E-state index contributed by atoms with van der Waals surface area (Å²) in [5.74, 6) is -0.365. The zero-order valence-electron chi connectivity index (χ0n) is 10.9. The number of nitrogen functional groups attached to an aromatic ring is 1. The number of ether oxygens (including phenoxy) is 1. The molecule has 0 aliphatic heterocycles. The van der Waals surface area contributed by atoms with E-state index in [2.05, 4.69) is 30.4 Å². The van der Waals surface area contributed by atoms with Gasteiger partial charge < -0.3 is 15.4 Å². The predicted octanol–water partition coefficient (Wildman–Crippen LogP) is 2.29. The first kappa shape index (κ1) is 13.4. The summed E-state index contributed by atoms with van der Waals surface area (Å²) >= 11 is 0. The second kappa shape index (κ2) is 5.57. The molecule has 17 heavy (non-hydrogen) atoms. The first-order valence-corrected chi connectivity index (χ1v) is 5.75. The quantitative estimate of drug-likeness (QED) is 0.643. The van der Waals surface area contributed by atoms with Gasteiger partial charge in [0.05, 0.1) is 24.0 Å². The number of hydrogen-bond donors (Lipinski definition) is 1. The van der Waals surface area contributed by atoms with Crippen molar-refractivity contribution < 1.29 is 9.53 Å². The number of rotatable bonds is 4. The number of benzene rings is 1. The van der Waals surface area contributed by atoms with Crippen LogP contribution in [0.2, 0.25) is 0 Å². The van der Waals surface area contributed by atoms with Gasteiger partial charge in [0.2, 0.25) is 0 Å². The highest BCUT2D eigenvalue weighted by molar-refractivity contribution is 5.92.